The summed E-state index contributed by atoms with van der Waals surface area (Å²) in [5, 5.41) is 0. The number of halogens is 3. The Balaban J connectivity index is 2.39. The van der Waals surface area contributed by atoms with E-state index in [-0.39, 0.29) is 22.4 Å². The third-order valence-corrected chi connectivity index (χ3v) is 6.31. The molecule has 0 saturated carbocycles. The minimum atomic E-state index is -3.85. The summed E-state index contributed by atoms with van der Waals surface area (Å²) < 4.78 is 41.5. The van der Waals surface area contributed by atoms with Crippen LogP contribution in [-0.2, 0) is 15.9 Å². The molecule has 1 saturated heterocycles. The number of hydrogen-bond acceptors (Lipinski definition) is 3. The summed E-state index contributed by atoms with van der Waals surface area (Å²) in [4.78, 5) is 1.67. The van der Waals surface area contributed by atoms with Crippen molar-refractivity contribution in [3.63, 3.8) is 0 Å². The average Bonchev–Trinajstić information content (AvgIpc) is 2.91. The van der Waals surface area contributed by atoms with Crippen molar-refractivity contribution in [1.82, 2.24) is 9.21 Å². The molecule has 0 spiro atoms. The maximum absolute atomic E-state index is 14.3. The van der Waals surface area contributed by atoms with Gasteiger partial charge in [-0.25, -0.2) is 12.8 Å². The van der Waals surface area contributed by atoms with Gasteiger partial charge in [0.2, 0.25) is 10.0 Å². The van der Waals surface area contributed by atoms with E-state index in [0.717, 1.165) is 6.42 Å². The first-order valence-corrected chi connectivity index (χ1v) is 9.24. The molecule has 0 amide bonds. The Morgan fingerprint density at radius 1 is 1.48 bits per heavy atom. The molecule has 1 unspecified atom stereocenters. The highest BCUT2D eigenvalue weighted by molar-refractivity contribution is 9.10. The van der Waals surface area contributed by atoms with Gasteiger partial charge in [0.05, 0.1) is 5.88 Å². The number of likely N-dealkylation sites (N-methyl/N-ethyl adjacent to an activating group) is 1. The summed E-state index contributed by atoms with van der Waals surface area (Å²) in [6.07, 6.45) is 0.740. The fourth-order valence-electron chi connectivity index (χ4n) is 2.39. The molecule has 1 fully saturated rings. The third-order valence-electron chi connectivity index (χ3n) is 3.70. The standard InChI is InChI=1S/C13H17BrClFN2O2S/c1-17(2)11-3-4-18(8-11)21(19,20)12-6-10(14)5-9(7-15)13(12)16/h5-6,11H,3-4,7-8H2,1-2H3. The van der Waals surface area contributed by atoms with Gasteiger partial charge in [-0.15, -0.1) is 11.6 Å². The predicted molar refractivity (Wildman–Crippen MR) is 84.5 cm³/mol. The van der Waals surface area contributed by atoms with Crippen molar-refractivity contribution in [1.29, 1.82) is 0 Å². The van der Waals surface area contributed by atoms with Gasteiger partial charge in [0, 0.05) is 29.2 Å². The smallest absolute Gasteiger partial charge is 0.246 e. The van der Waals surface area contributed by atoms with Crippen LogP contribution in [0.1, 0.15) is 12.0 Å². The zero-order valence-corrected chi connectivity index (χ0v) is 15.0. The second kappa shape index (κ2) is 6.50. The second-order valence-corrected chi connectivity index (χ2v) is 8.37. The number of rotatable bonds is 4. The normalized spacial score (nSPS) is 20.4. The molecule has 0 radical (unpaired) electrons. The van der Waals surface area contributed by atoms with E-state index in [2.05, 4.69) is 15.9 Å². The largest absolute Gasteiger partial charge is 0.305 e. The molecule has 0 aromatic heterocycles. The van der Waals surface area contributed by atoms with E-state index < -0.39 is 15.8 Å². The minimum absolute atomic E-state index is 0.0753. The first kappa shape index (κ1) is 17.1. The highest BCUT2D eigenvalue weighted by Crippen LogP contribution is 2.29. The summed E-state index contributed by atoms with van der Waals surface area (Å²) >= 11 is 8.88. The van der Waals surface area contributed by atoms with Crippen LogP contribution in [0, 0.1) is 5.82 Å². The molecule has 1 aromatic carbocycles. The SMILES string of the molecule is CN(C)C1CCN(S(=O)(=O)c2cc(Br)cc(CCl)c2F)C1. The zero-order valence-electron chi connectivity index (χ0n) is 11.8. The molecule has 0 aliphatic carbocycles. The zero-order chi connectivity index (χ0) is 15.8. The number of nitrogens with zero attached hydrogens (tertiary/aromatic N) is 2. The van der Waals surface area contributed by atoms with Crippen LogP contribution in [0.3, 0.4) is 0 Å². The van der Waals surface area contributed by atoms with Gasteiger partial charge in [-0.3, -0.25) is 0 Å². The summed E-state index contributed by atoms with van der Waals surface area (Å²) in [7, 11) is -0.0303. The Kier molecular flexibility index (Phi) is 5.31. The molecule has 0 N–H and O–H groups in total. The molecule has 1 aliphatic heterocycles. The maximum Gasteiger partial charge on any atom is 0.246 e. The molecular formula is C13H17BrClFN2O2S. The van der Waals surface area contributed by atoms with Crippen LogP contribution in [0.5, 0.6) is 0 Å². The van der Waals surface area contributed by atoms with Crippen LogP contribution < -0.4 is 0 Å². The number of benzene rings is 1. The van der Waals surface area contributed by atoms with Crippen molar-refractivity contribution in [2.45, 2.75) is 23.2 Å². The van der Waals surface area contributed by atoms with Crippen LogP contribution in [0.15, 0.2) is 21.5 Å². The monoisotopic (exact) mass is 398 g/mol. The minimum Gasteiger partial charge on any atom is -0.305 e. The predicted octanol–water partition coefficient (Wildman–Crippen LogP) is 2.65. The summed E-state index contributed by atoms with van der Waals surface area (Å²) in [6.45, 7) is 0.769. The number of alkyl halides is 1. The van der Waals surface area contributed by atoms with Crippen LogP contribution in [0.2, 0.25) is 0 Å². The number of hydrogen-bond donors (Lipinski definition) is 0. The van der Waals surface area contributed by atoms with Gasteiger partial charge < -0.3 is 4.90 Å². The molecule has 2 rings (SSSR count). The molecule has 118 valence electrons. The van der Waals surface area contributed by atoms with Gasteiger partial charge in [-0.1, -0.05) is 15.9 Å². The van der Waals surface area contributed by atoms with E-state index in [1.165, 1.54) is 16.4 Å². The molecule has 1 atom stereocenters. The Hall–Kier alpha value is -0.210. The van der Waals surface area contributed by atoms with Crippen LogP contribution in [-0.4, -0.2) is 50.8 Å². The lowest BCUT2D eigenvalue weighted by Crippen LogP contribution is -2.34. The van der Waals surface area contributed by atoms with Gasteiger partial charge >= 0.3 is 0 Å². The van der Waals surface area contributed by atoms with Crippen molar-refractivity contribution in [3.8, 4) is 0 Å². The van der Waals surface area contributed by atoms with Crippen molar-refractivity contribution in [3.05, 3.63) is 28.0 Å². The number of sulfonamides is 1. The van der Waals surface area contributed by atoms with Gasteiger partial charge in [0.15, 0.2) is 0 Å². The van der Waals surface area contributed by atoms with Crippen LogP contribution >= 0.6 is 27.5 Å². The van der Waals surface area contributed by atoms with Gasteiger partial charge in [-0.2, -0.15) is 4.31 Å². The first-order valence-electron chi connectivity index (χ1n) is 6.48. The Morgan fingerprint density at radius 3 is 2.67 bits per heavy atom. The van der Waals surface area contributed by atoms with Gasteiger partial charge in [0.25, 0.3) is 0 Å². The van der Waals surface area contributed by atoms with Gasteiger partial charge in [-0.05, 0) is 32.6 Å². The average molecular weight is 400 g/mol. The summed E-state index contributed by atoms with van der Waals surface area (Å²) in [6, 6.07) is 2.94. The molecule has 0 bridgehead atoms. The van der Waals surface area contributed by atoms with Crippen molar-refractivity contribution < 1.29 is 12.8 Å². The fraction of sp³-hybridized carbons (Fsp3) is 0.538. The Bertz CT molecular complexity index is 639. The van der Waals surface area contributed by atoms with E-state index >= 15 is 0 Å². The molecular weight excluding hydrogens is 383 g/mol. The highest BCUT2D eigenvalue weighted by Gasteiger charge is 2.35. The summed E-state index contributed by atoms with van der Waals surface area (Å²) in [5.74, 6) is -0.838. The molecule has 21 heavy (non-hydrogen) atoms. The van der Waals surface area contributed by atoms with E-state index in [9.17, 15) is 12.8 Å². The third kappa shape index (κ3) is 3.42. The maximum atomic E-state index is 14.3. The first-order chi connectivity index (χ1) is 9.77. The van der Waals surface area contributed by atoms with Crippen molar-refractivity contribution >= 4 is 37.6 Å². The Labute approximate surface area is 138 Å². The summed E-state index contributed by atoms with van der Waals surface area (Å²) in [5.41, 5.74) is 0.174. The molecule has 4 nitrogen and oxygen atoms in total. The van der Waals surface area contributed by atoms with E-state index in [0.29, 0.717) is 17.6 Å². The molecule has 1 heterocycles. The van der Waals surface area contributed by atoms with Crippen molar-refractivity contribution in [2.75, 3.05) is 27.2 Å². The lowest BCUT2D eigenvalue weighted by atomic mass is 10.2. The molecule has 1 aromatic rings. The van der Waals surface area contributed by atoms with Crippen LogP contribution in [0.25, 0.3) is 0 Å². The van der Waals surface area contributed by atoms with Crippen LogP contribution in [0.4, 0.5) is 4.39 Å². The van der Waals surface area contributed by atoms with E-state index in [1.807, 2.05) is 19.0 Å². The highest BCUT2D eigenvalue weighted by atomic mass is 79.9. The lowest BCUT2D eigenvalue weighted by Gasteiger charge is -2.21. The second-order valence-electron chi connectivity index (χ2n) is 5.28. The topological polar surface area (TPSA) is 40.6 Å². The molecule has 1 aliphatic rings. The fourth-order valence-corrected chi connectivity index (χ4v) is 4.87. The van der Waals surface area contributed by atoms with Gasteiger partial charge in [0.1, 0.15) is 10.7 Å². The Morgan fingerprint density at radius 2 is 2.14 bits per heavy atom. The van der Waals surface area contributed by atoms with E-state index in [1.54, 1.807) is 0 Å². The molecule has 8 heteroatoms. The van der Waals surface area contributed by atoms with Crippen molar-refractivity contribution in [2.24, 2.45) is 0 Å². The quantitative estimate of drug-likeness (QED) is 0.731. The van der Waals surface area contributed by atoms with E-state index in [4.69, 9.17) is 11.6 Å². The lowest BCUT2D eigenvalue weighted by molar-refractivity contribution is 0.302.